The SMILES string of the molecule is BrC=C=COC(c1ccccc1)(c1ccccc1)c1ccccc1. The van der Waals surface area contributed by atoms with Gasteiger partial charge < -0.3 is 4.74 Å². The molecule has 0 spiro atoms. The van der Waals surface area contributed by atoms with Gasteiger partial charge in [-0.05, 0) is 0 Å². The van der Waals surface area contributed by atoms with Crippen LogP contribution in [0.1, 0.15) is 16.7 Å². The van der Waals surface area contributed by atoms with Gasteiger partial charge in [0.2, 0.25) is 0 Å². The molecule has 0 aliphatic rings. The van der Waals surface area contributed by atoms with Gasteiger partial charge in [0.25, 0.3) is 0 Å². The third-order valence-corrected chi connectivity index (χ3v) is 4.17. The highest BCUT2D eigenvalue weighted by Gasteiger charge is 2.37. The van der Waals surface area contributed by atoms with Crippen molar-refractivity contribution >= 4 is 15.9 Å². The van der Waals surface area contributed by atoms with Crippen LogP contribution in [-0.2, 0) is 10.3 Å². The van der Waals surface area contributed by atoms with E-state index in [9.17, 15) is 0 Å². The van der Waals surface area contributed by atoms with Crippen molar-refractivity contribution in [2.45, 2.75) is 5.60 Å². The van der Waals surface area contributed by atoms with Crippen molar-refractivity contribution in [1.29, 1.82) is 0 Å². The number of ether oxygens (including phenoxy) is 1. The third-order valence-electron chi connectivity index (χ3n) is 3.91. The zero-order valence-corrected chi connectivity index (χ0v) is 14.7. The Hall–Kier alpha value is -2.54. The van der Waals surface area contributed by atoms with E-state index in [4.69, 9.17) is 4.74 Å². The summed E-state index contributed by atoms with van der Waals surface area (Å²) >= 11 is 3.24. The fourth-order valence-electron chi connectivity index (χ4n) is 2.87. The first kappa shape index (κ1) is 16.3. The number of benzene rings is 3. The van der Waals surface area contributed by atoms with Gasteiger partial charge in [-0.3, -0.25) is 0 Å². The molecule has 0 amide bonds. The summed E-state index contributed by atoms with van der Waals surface area (Å²) < 4.78 is 6.33. The van der Waals surface area contributed by atoms with Gasteiger partial charge in [0, 0.05) is 21.7 Å². The Bertz CT molecular complexity index is 723. The van der Waals surface area contributed by atoms with Crippen molar-refractivity contribution in [2.24, 2.45) is 0 Å². The normalized spacial score (nSPS) is 10.5. The second-order valence-corrected chi connectivity index (χ2v) is 5.75. The molecular weight excluding hydrogens is 360 g/mol. The van der Waals surface area contributed by atoms with Gasteiger partial charge in [-0.15, -0.1) is 0 Å². The van der Waals surface area contributed by atoms with Gasteiger partial charge in [0.05, 0.1) is 0 Å². The molecule has 24 heavy (non-hydrogen) atoms. The molecule has 0 aliphatic carbocycles. The number of hydrogen-bond acceptors (Lipinski definition) is 1. The number of rotatable bonds is 5. The quantitative estimate of drug-likeness (QED) is 0.300. The lowest BCUT2D eigenvalue weighted by Crippen LogP contribution is -2.31. The zero-order valence-electron chi connectivity index (χ0n) is 13.1. The summed E-state index contributed by atoms with van der Waals surface area (Å²) in [7, 11) is 0. The molecule has 2 heteroatoms. The van der Waals surface area contributed by atoms with Crippen LogP contribution in [0, 0.1) is 0 Å². The van der Waals surface area contributed by atoms with Crippen molar-refractivity contribution in [2.75, 3.05) is 0 Å². The first-order chi connectivity index (χ1) is 11.9. The molecule has 0 radical (unpaired) electrons. The lowest BCUT2D eigenvalue weighted by molar-refractivity contribution is 0.0984. The Morgan fingerprint density at radius 1 is 0.667 bits per heavy atom. The Morgan fingerprint density at radius 2 is 1.04 bits per heavy atom. The molecule has 0 aromatic heterocycles. The smallest absolute Gasteiger partial charge is 0.184 e. The van der Waals surface area contributed by atoms with Crippen LogP contribution in [0.15, 0.2) is 108 Å². The van der Waals surface area contributed by atoms with Crippen LogP contribution in [0.25, 0.3) is 0 Å². The average Bonchev–Trinajstić information content (AvgIpc) is 2.68. The van der Waals surface area contributed by atoms with Gasteiger partial charge in [-0.2, -0.15) is 0 Å². The maximum absolute atomic E-state index is 6.33. The molecule has 3 aromatic rings. The minimum absolute atomic E-state index is 0.729. The Morgan fingerprint density at radius 3 is 1.38 bits per heavy atom. The predicted molar refractivity (Wildman–Crippen MR) is 102 cm³/mol. The molecule has 0 atom stereocenters. The Kier molecular flexibility index (Phi) is 5.32. The maximum atomic E-state index is 6.33. The highest BCUT2D eigenvalue weighted by atomic mass is 79.9. The van der Waals surface area contributed by atoms with Crippen LogP contribution >= 0.6 is 15.9 Å². The standard InChI is InChI=1S/C22H17BrO/c23-17-10-18-24-22(19-11-4-1-5-12-19,20-13-6-2-7-14-20)21-15-8-3-9-16-21/h1-9,11-18H. The van der Waals surface area contributed by atoms with Crippen LogP contribution < -0.4 is 0 Å². The molecule has 0 saturated carbocycles. The Balaban J connectivity index is 2.30. The average molecular weight is 377 g/mol. The fraction of sp³-hybridized carbons (Fsp3) is 0.0455. The second-order valence-electron chi connectivity index (χ2n) is 5.29. The van der Waals surface area contributed by atoms with E-state index in [1.165, 1.54) is 0 Å². The zero-order chi connectivity index (χ0) is 16.7. The van der Waals surface area contributed by atoms with Crippen molar-refractivity contribution in [3.63, 3.8) is 0 Å². The van der Waals surface area contributed by atoms with Crippen LogP contribution in [0.5, 0.6) is 0 Å². The van der Waals surface area contributed by atoms with E-state index in [0.717, 1.165) is 16.7 Å². The molecule has 3 aromatic carbocycles. The van der Waals surface area contributed by atoms with Crippen molar-refractivity contribution in [1.82, 2.24) is 0 Å². The molecule has 118 valence electrons. The molecule has 0 fully saturated rings. The molecule has 0 N–H and O–H groups in total. The topological polar surface area (TPSA) is 9.23 Å². The monoisotopic (exact) mass is 376 g/mol. The molecule has 0 saturated heterocycles. The molecular formula is C22H17BrO. The Labute approximate surface area is 151 Å². The summed E-state index contributed by atoms with van der Waals surface area (Å²) in [5, 5.41) is 0. The maximum Gasteiger partial charge on any atom is 0.184 e. The van der Waals surface area contributed by atoms with Crippen LogP contribution in [-0.4, -0.2) is 0 Å². The van der Waals surface area contributed by atoms with Gasteiger partial charge in [0.15, 0.2) is 5.60 Å². The van der Waals surface area contributed by atoms with Gasteiger partial charge in [-0.1, -0.05) is 113 Å². The summed E-state index contributed by atoms with van der Waals surface area (Å²) in [6.45, 7) is 0. The lowest BCUT2D eigenvalue weighted by atomic mass is 9.80. The summed E-state index contributed by atoms with van der Waals surface area (Å²) in [6.07, 6.45) is 1.60. The highest BCUT2D eigenvalue weighted by molar-refractivity contribution is 9.11. The van der Waals surface area contributed by atoms with Crippen molar-refractivity contribution in [3.8, 4) is 0 Å². The lowest BCUT2D eigenvalue weighted by Gasteiger charge is -2.34. The van der Waals surface area contributed by atoms with Gasteiger partial charge in [0.1, 0.15) is 6.26 Å². The number of hydrogen-bond donors (Lipinski definition) is 0. The molecule has 0 bridgehead atoms. The first-order valence-corrected chi connectivity index (χ1v) is 8.63. The van der Waals surface area contributed by atoms with E-state index in [1.54, 1.807) is 11.2 Å². The third kappa shape index (κ3) is 3.21. The fourth-order valence-corrected chi connectivity index (χ4v) is 2.98. The highest BCUT2D eigenvalue weighted by Crippen LogP contribution is 2.40. The molecule has 0 aliphatic heterocycles. The van der Waals surface area contributed by atoms with Crippen LogP contribution in [0.3, 0.4) is 0 Å². The number of halogens is 1. The van der Waals surface area contributed by atoms with Crippen LogP contribution in [0.2, 0.25) is 0 Å². The van der Waals surface area contributed by atoms with E-state index < -0.39 is 5.60 Å². The minimum Gasteiger partial charge on any atom is -0.472 e. The predicted octanol–water partition coefficient (Wildman–Crippen LogP) is 6.02. The first-order valence-electron chi connectivity index (χ1n) is 7.72. The van der Waals surface area contributed by atoms with E-state index in [0.29, 0.717) is 0 Å². The van der Waals surface area contributed by atoms with Crippen LogP contribution in [0.4, 0.5) is 0 Å². The summed E-state index contributed by atoms with van der Waals surface area (Å²) in [4.78, 5) is 1.65. The molecule has 0 unspecified atom stereocenters. The molecule has 1 nitrogen and oxygen atoms in total. The summed E-state index contributed by atoms with van der Waals surface area (Å²) in [5.74, 6) is 0. The van der Waals surface area contributed by atoms with E-state index in [2.05, 4.69) is 58.1 Å². The largest absolute Gasteiger partial charge is 0.472 e. The van der Waals surface area contributed by atoms with E-state index in [1.807, 2.05) is 54.6 Å². The van der Waals surface area contributed by atoms with E-state index in [-0.39, 0.29) is 0 Å². The van der Waals surface area contributed by atoms with Crippen molar-refractivity contribution in [3.05, 3.63) is 125 Å². The van der Waals surface area contributed by atoms with E-state index >= 15 is 0 Å². The van der Waals surface area contributed by atoms with Crippen molar-refractivity contribution < 1.29 is 4.74 Å². The summed E-state index contributed by atoms with van der Waals surface area (Å²) in [6, 6.07) is 30.8. The minimum atomic E-state index is -0.729. The molecule has 0 heterocycles. The van der Waals surface area contributed by atoms with Gasteiger partial charge >= 0.3 is 0 Å². The molecule has 3 rings (SSSR count). The van der Waals surface area contributed by atoms with Gasteiger partial charge in [-0.25, -0.2) is 0 Å². The second kappa shape index (κ2) is 7.83. The summed E-state index contributed by atoms with van der Waals surface area (Å²) in [5.41, 5.74) is 5.42.